The number of benzene rings is 1. The van der Waals surface area contributed by atoms with E-state index in [4.69, 9.17) is 0 Å². The van der Waals surface area contributed by atoms with Crippen molar-refractivity contribution in [2.75, 3.05) is 32.1 Å². The summed E-state index contributed by atoms with van der Waals surface area (Å²) >= 11 is 3.39. The van der Waals surface area contributed by atoms with Gasteiger partial charge in [0.1, 0.15) is 5.82 Å². The Morgan fingerprint density at radius 3 is 2.67 bits per heavy atom. The maximum Gasteiger partial charge on any atom is 0.129 e. The Labute approximate surface area is 117 Å². The van der Waals surface area contributed by atoms with Crippen LogP contribution in [0.2, 0.25) is 0 Å². The Morgan fingerprint density at radius 2 is 2.11 bits per heavy atom. The van der Waals surface area contributed by atoms with Crippen LogP contribution in [-0.4, -0.2) is 38.1 Å². The molecule has 2 rings (SSSR count). The Kier molecular flexibility index (Phi) is 4.28. The van der Waals surface area contributed by atoms with Gasteiger partial charge in [-0.15, -0.1) is 0 Å². The topological polar surface area (TPSA) is 6.48 Å². The molecule has 1 aromatic carbocycles. The number of likely N-dealkylation sites (N-methyl/N-ethyl adjacent to an activating group) is 1. The highest BCUT2D eigenvalue weighted by Gasteiger charge is 2.32. The molecule has 0 amide bonds. The lowest BCUT2D eigenvalue weighted by atomic mass is 10.1. The normalized spacial score (nSPS) is 24.0. The summed E-state index contributed by atoms with van der Waals surface area (Å²) in [4.78, 5) is 4.56. The summed E-state index contributed by atoms with van der Waals surface area (Å²) in [5.74, 6) is 0.483. The van der Waals surface area contributed by atoms with Crippen molar-refractivity contribution in [1.29, 1.82) is 0 Å². The van der Waals surface area contributed by atoms with Crippen LogP contribution in [0.4, 0.5) is 10.1 Å². The fraction of sp³-hybridized carbons (Fsp3) is 0.571. The molecule has 100 valence electrons. The van der Waals surface area contributed by atoms with Crippen molar-refractivity contribution in [3.05, 3.63) is 29.6 Å². The van der Waals surface area contributed by atoms with Gasteiger partial charge in [0, 0.05) is 35.7 Å². The summed E-state index contributed by atoms with van der Waals surface area (Å²) in [7, 11) is 4.23. The van der Waals surface area contributed by atoms with Crippen molar-refractivity contribution in [2.45, 2.75) is 18.3 Å². The predicted molar refractivity (Wildman–Crippen MR) is 77.9 cm³/mol. The molecule has 2 atom stereocenters. The monoisotopic (exact) mass is 314 g/mol. The molecule has 0 N–H and O–H groups in total. The molecule has 18 heavy (non-hydrogen) atoms. The minimum absolute atomic E-state index is 0.120. The zero-order chi connectivity index (χ0) is 13.3. The first-order valence-corrected chi connectivity index (χ1v) is 7.41. The molecule has 1 aliphatic rings. The third-order valence-electron chi connectivity index (χ3n) is 3.80. The van der Waals surface area contributed by atoms with Crippen LogP contribution in [0.5, 0.6) is 0 Å². The molecule has 0 aliphatic carbocycles. The zero-order valence-corrected chi connectivity index (χ0v) is 12.7. The minimum Gasteiger partial charge on any atom is -0.369 e. The lowest BCUT2D eigenvalue weighted by molar-refractivity contribution is 0.266. The molecule has 1 aromatic rings. The van der Waals surface area contributed by atoms with Gasteiger partial charge in [0.2, 0.25) is 0 Å². The summed E-state index contributed by atoms with van der Waals surface area (Å²) in [5, 5.41) is 0.562. The van der Waals surface area contributed by atoms with Crippen molar-refractivity contribution in [3.63, 3.8) is 0 Å². The molecule has 2 nitrogen and oxygen atoms in total. The Hall–Kier alpha value is -0.610. The number of halogens is 2. The first-order valence-electron chi connectivity index (χ1n) is 6.29. The van der Waals surface area contributed by atoms with Crippen LogP contribution in [0.25, 0.3) is 0 Å². The minimum atomic E-state index is -0.120. The second kappa shape index (κ2) is 5.57. The molecule has 0 bridgehead atoms. The van der Waals surface area contributed by atoms with Crippen molar-refractivity contribution < 1.29 is 4.39 Å². The number of anilines is 1. The molecule has 0 radical (unpaired) electrons. The Morgan fingerprint density at radius 1 is 1.39 bits per heavy atom. The van der Waals surface area contributed by atoms with Crippen molar-refractivity contribution in [3.8, 4) is 0 Å². The van der Waals surface area contributed by atoms with Gasteiger partial charge < -0.3 is 9.80 Å². The number of rotatable bonds is 3. The number of hydrogen-bond acceptors (Lipinski definition) is 2. The predicted octanol–water partition coefficient (Wildman–Crippen LogP) is 3.11. The summed E-state index contributed by atoms with van der Waals surface area (Å²) in [5.41, 5.74) is 1.80. The van der Waals surface area contributed by atoms with E-state index in [0.717, 1.165) is 24.3 Å². The average molecular weight is 315 g/mol. The third-order valence-corrected chi connectivity index (χ3v) is 4.37. The van der Waals surface area contributed by atoms with Gasteiger partial charge in [0.05, 0.1) is 0 Å². The van der Waals surface area contributed by atoms with Gasteiger partial charge in [-0.2, -0.15) is 0 Å². The van der Waals surface area contributed by atoms with E-state index in [1.54, 1.807) is 6.07 Å². The molecule has 0 aromatic heterocycles. The van der Waals surface area contributed by atoms with E-state index in [9.17, 15) is 4.39 Å². The smallest absolute Gasteiger partial charge is 0.129 e. The molecule has 0 spiro atoms. The van der Waals surface area contributed by atoms with E-state index < -0.39 is 0 Å². The molecule has 0 saturated carbocycles. The molecule has 1 aliphatic heterocycles. The molecule has 2 unspecified atom stereocenters. The van der Waals surface area contributed by atoms with Gasteiger partial charge in [0.15, 0.2) is 0 Å². The van der Waals surface area contributed by atoms with E-state index >= 15 is 0 Å². The van der Waals surface area contributed by atoms with E-state index in [2.05, 4.69) is 46.7 Å². The van der Waals surface area contributed by atoms with Crippen molar-refractivity contribution in [2.24, 2.45) is 5.92 Å². The summed E-state index contributed by atoms with van der Waals surface area (Å²) in [6, 6.07) is 5.88. The highest BCUT2D eigenvalue weighted by Crippen LogP contribution is 2.31. The Bertz CT molecular complexity index is 422. The van der Waals surface area contributed by atoms with Crippen LogP contribution in [-0.2, 0) is 5.33 Å². The van der Waals surface area contributed by atoms with Gasteiger partial charge in [0.25, 0.3) is 0 Å². The zero-order valence-electron chi connectivity index (χ0n) is 11.2. The number of nitrogens with zero attached hydrogens (tertiary/aromatic N) is 2. The largest absolute Gasteiger partial charge is 0.369 e. The third kappa shape index (κ3) is 2.54. The lowest BCUT2D eigenvalue weighted by Crippen LogP contribution is -2.34. The van der Waals surface area contributed by atoms with Crippen molar-refractivity contribution >= 4 is 21.6 Å². The first kappa shape index (κ1) is 13.8. The van der Waals surface area contributed by atoms with Crippen molar-refractivity contribution in [1.82, 2.24) is 4.90 Å². The maximum absolute atomic E-state index is 13.8. The summed E-state index contributed by atoms with van der Waals surface area (Å²) in [6.45, 7) is 4.22. The van der Waals surface area contributed by atoms with E-state index in [-0.39, 0.29) is 5.82 Å². The molecular formula is C14H20BrFN2. The van der Waals surface area contributed by atoms with E-state index in [1.807, 2.05) is 6.07 Å². The van der Waals surface area contributed by atoms with Gasteiger partial charge in [-0.25, -0.2) is 4.39 Å². The van der Waals surface area contributed by atoms with Crippen LogP contribution in [0, 0.1) is 11.7 Å². The van der Waals surface area contributed by atoms with E-state index in [0.29, 0.717) is 17.3 Å². The highest BCUT2D eigenvalue weighted by atomic mass is 79.9. The van der Waals surface area contributed by atoms with Gasteiger partial charge in [-0.05, 0) is 32.1 Å². The fourth-order valence-electron chi connectivity index (χ4n) is 2.79. The van der Waals surface area contributed by atoms with Crippen LogP contribution < -0.4 is 4.90 Å². The van der Waals surface area contributed by atoms with Crippen LogP contribution >= 0.6 is 15.9 Å². The summed E-state index contributed by atoms with van der Waals surface area (Å²) < 4.78 is 13.8. The maximum atomic E-state index is 13.8. The SMILES string of the molecule is CC1CN(c2cccc(F)c2CBr)CC1N(C)C. The molecule has 1 saturated heterocycles. The van der Waals surface area contributed by atoms with E-state index in [1.165, 1.54) is 6.07 Å². The standard InChI is InChI=1S/C14H20BrFN2/c1-10-8-18(9-14(10)17(2)3)13-6-4-5-12(16)11(13)7-15/h4-6,10,14H,7-9H2,1-3H3. The summed E-state index contributed by atoms with van der Waals surface area (Å²) in [6.07, 6.45) is 0. The first-order chi connectivity index (χ1) is 8.54. The van der Waals surface area contributed by atoms with Crippen LogP contribution in [0.15, 0.2) is 18.2 Å². The molecule has 1 heterocycles. The fourth-order valence-corrected chi connectivity index (χ4v) is 3.35. The number of alkyl halides is 1. The lowest BCUT2D eigenvalue weighted by Gasteiger charge is -2.24. The number of hydrogen-bond donors (Lipinski definition) is 0. The van der Waals surface area contributed by atoms with Gasteiger partial charge in [-0.3, -0.25) is 0 Å². The molecular weight excluding hydrogens is 295 g/mol. The van der Waals surface area contributed by atoms with Gasteiger partial charge >= 0.3 is 0 Å². The molecule has 1 fully saturated rings. The van der Waals surface area contributed by atoms with Crippen LogP contribution in [0.1, 0.15) is 12.5 Å². The second-order valence-corrected chi connectivity index (χ2v) is 5.85. The molecule has 4 heteroatoms. The van der Waals surface area contributed by atoms with Crippen LogP contribution in [0.3, 0.4) is 0 Å². The average Bonchev–Trinajstić information content (AvgIpc) is 2.71. The Balaban J connectivity index is 2.26. The highest BCUT2D eigenvalue weighted by molar-refractivity contribution is 9.08. The quantitative estimate of drug-likeness (QED) is 0.791. The van der Waals surface area contributed by atoms with Gasteiger partial charge in [-0.1, -0.05) is 28.9 Å². The second-order valence-electron chi connectivity index (χ2n) is 5.28.